The van der Waals surface area contributed by atoms with Crippen molar-refractivity contribution in [3.05, 3.63) is 16.4 Å². The highest BCUT2D eigenvalue weighted by Gasteiger charge is 2.32. The molecule has 0 saturated heterocycles. The molecule has 0 atom stereocenters. The lowest BCUT2D eigenvalue weighted by Crippen LogP contribution is -2.18. The van der Waals surface area contributed by atoms with Crippen LogP contribution in [0.4, 0.5) is 13.2 Å². The zero-order valence-electron chi connectivity index (χ0n) is 5.77. The SMILES string of the molecule is FC(F)(F)Oc1nc(Cl)cc(Cl)n1. The van der Waals surface area contributed by atoms with Crippen molar-refractivity contribution in [3.8, 4) is 6.01 Å². The molecule has 1 heterocycles. The van der Waals surface area contributed by atoms with Crippen LogP contribution in [0.3, 0.4) is 0 Å². The van der Waals surface area contributed by atoms with Crippen LogP contribution in [-0.4, -0.2) is 16.3 Å². The van der Waals surface area contributed by atoms with Gasteiger partial charge >= 0.3 is 12.4 Å². The Balaban J connectivity index is 2.90. The van der Waals surface area contributed by atoms with E-state index in [4.69, 9.17) is 23.2 Å². The molecule has 1 rings (SSSR count). The van der Waals surface area contributed by atoms with Crippen molar-refractivity contribution in [2.45, 2.75) is 6.36 Å². The van der Waals surface area contributed by atoms with Crippen LogP contribution in [0, 0.1) is 0 Å². The molecule has 0 aliphatic rings. The Labute approximate surface area is 80.5 Å². The maximum absolute atomic E-state index is 11.6. The van der Waals surface area contributed by atoms with E-state index in [-0.39, 0.29) is 10.3 Å². The highest BCUT2D eigenvalue weighted by atomic mass is 35.5. The second kappa shape index (κ2) is 3.55. The first-order valence-electron chi connectivity index (χ1n) is 2.82. The highest BCUT2D eigenvalue weighted by Crippen LogP contribution is 2.22. The van der Waals surface area contributed by atoms with Crippen LogP contribution < -0.4 is 4.74 Å². The summed E-state index contributed by atoms with van der Waals surface area (Å²) in [6.45, 7) is 0. The number of halogens is 5. The number of ether oxygens (including phenoxy) is 1. The van der Waals surface area contributed by atoms with Gasteiger partial charge in [0.05, 0.1) is 0 Å². The molecule has 0 aliphatic carbocycles. The van der Waals surface area contributed by atoms with Crippen molar-refractivity contribution in [3.63, 3.8) is 0 Å². The first-order valence-corrected chi connectivity index (χ1v) is 3.58. The first kappa shape index (κ1) is 10.3. The van der Waals surface area contributed by atoms with E-state index in [9.17, 15) is 13.2 Å². The van der Waals surface area contributed by atoms with Crippen LogP contribution in [0.5, 0.6) is 6.01 Å². The summed E-state index contributed by atoms with van der Waals surface area (Å²) < 4.78 is 38.2. The van der Waals surface area contributed by atoms with E-state index in [0.717, 1.165) is 6.07 Å². The molecule has 8 heteroatoms. The van der Waals surface area contributed by atoms with Crippen LogP contribution in [0.15, 0.2) is 6.07 Å². The fourth-order valence-electron chi connectivity index (χ4n) is 0.520. The van der Waals surface area contributed by atoms with Crippen LogP contribution in [0.2, 0.25) is 10.3 Å². The van der Waals surface area contributed by atoms with Crippen LogP contribution in [0.25, 0.3) is 0 Å². The summed E-state index contributed by atoms with van der Waals surface area (Å²) in [7, 11) is 0. The smallest absolute Gasteiger partial charge is 0.370 e. The Morgan fingerprint density at radius 1 is 1.15 bits per heavy atom. The van der Waals surface area contributed by atoms with Gasteiger partial charge in [-0.25, -0.2) is 0 Å². The molecule has 0 aromatic carbocycles. The summed E-state index contributed by atoms with van der Waals surface area (Å²) >= 11 is 10.6. The molecular formula is C5HCl2F3N2O. The largest absolute Gasteiger partial charge is 0.575 e. The maximum atomic E-state index is 11.6. The predicted molar refractivity (Wildman–Crippen MR) is 38.7 cm³/mol. The minimum atomic E-state index is -4.85. The molecule has 1 aromatic heterocycles. The normalized spacial score (nSPS) is 11.5. The predicted octanol–water partition coefficient (Wildman–Crippen LogP) is 2.68. The fraction of sp³-hybridized carbons (Fsp3) is 0.200. The van der Waals surface area contributed by atoms with Crippen molar-refractivity contribution >= 4 is 23.2 Å². The van der Waals surface area contributed by atoms with Gasteiger partial charge in [0, 0.05) is 6.07 Å². The summed E-state index contributed by atoms with van der Waals surface area (Å²) in [6.07, 6.45) is -4.85. The van der Waals surface area contributed by atoms with E-state index >= 15 is 0 Å². The monoisotopic (exact) mass is 232 g/mol. The van der Waals surface area contributed by atoms with Crippen molar-refractivity contribution in [1.29, 1.82) is 0 Å². The molecule has 3 nitrogen and oxygen atoms in total. The lowest BCUT2D eigenvalue weighted by molar-refractivity contribution is -0.277. The molecule has 0 amide bonds. The van der Waals surface area contributed by atoms with Crippen molar-refractivity contribution < 1.29 is 17.9 Å². The summed E-state index contributed by atoms with van der Waals surface area (Å²) in [6, 6.07) is 0.164. The van der Waals surface area contributed by atoms with Crippen molar-refractivity contribution in [1.82, 2.24) is 9.97 Å². The minimum absolute atomic E-state index is 0.223. The number of nitrogens with zero attached hydrogens (tertiary/aromatic N) is 2. The van der Waals surface area contributed by atoms with Gasteiger partial charge in [0.1, 0.15) is 10.3 Å². The number of aromatic nitrogens is 2. The van der Waals surface area contributed by atoms with Gasteiger partial charge in [-0.05, 0) is 0 Å². The zero-order chi connectivity index (χ0) is 10.1. The van der Waals surface area contributed by atoms with E-state index in [1.54, 1.807) is 0 Å². The third kappa shape index (κ3) is 3.65. The molecule has 72 valence electrons. The number of rotatable bonds is 1. The van der Waals surface area contributed by atoms with Crippen LogP contribution in [-0.2, 0) is 0 Å². The lowest BCUT2D eigenvalue weighted by atomic mass is 10.7. The summed E-state index contributed by atoms with van der Waals surface area (Å²) in [5, 5.41) is -0.446. The number of alkyl halides is 3. The van der Waals surface area contributed by atoms with E-state index in [1.807, 2.05) is 0 Å². The number of hydrogen-bond acceptors (Lipinski definition) is 3. The minimum Gasteiger partial charge on any atom is -0.370 e. The van der Waals surface area contributed by atoms with Gasteiger partial charge < -0.3 is 4.74 Å². The molecule has 0 bridgehead atoms. The molecule has 0 aliphatic heterocycles. The van der Waals surface area contributed by atoms with E-state index in [1.165, 1.54) is 0 Å². The zero-order valence-corrected chi connectivity index (χ0v) is 7.28. The molecule has 0 saturated carbocycles. The highest BCUT2D eigenvalue weighted by molar-refractivity contribution is 6.33. The Bertz CT molecular complexity index is 297. The average molecular weight is 233 g/mol. The van der Waals surface area contributed by atoms with Gasteiger partial charge in [-0.1, -0.05) is 23.2 Å². The Morgan fingerprint density at radius 2 is 1.62 bits per heavy atom. The molecule has 0 radical (unpaired) electrons. The third-order valence-electron chi connectivity index (χ3n) is 0.850. The van der Waals surface area contributed by atoms with Crippen LogP contribution >= 0.6 is 23.2 Å². The van der Waals surface area contributed by atoms with Gasteiger partial charge in [0.15, 0.2) is 0 Å². The van der Waals surface area contributed by atoms with Gasteiger partial charge in [-0.3, -0.25) is 0 Å². The molecular weight excluding hydrogens is 232 g/mol. The van der Waals surface area contributed by atoms with Gasteiger partial charge in [-0.15, -0.1) is 13.2 Å². The standard InChI is InChI=1S/C5HCl2F3N2O/c6-2-1-3(7)12-4(11-2)13-5(8,9)10/h1H. The Morgan fingerprint density at radius 3 is 2.00 bits per heavy atom. The van der Waals surface area contributed by atoms with E-state index < -0.39 is 12.4 Å². The number of hydrogen-bond donors (Lipinski definition) is 0. The molecule has 0 N–H and O–H groups in total. The quantitative estimate of drug-likeness (QED) is 0.699. The topological polar surface area (TPSA) is 35.0 Å². The van der Waals surface area contributed by atoms with Gasteiger partial charge in [0.2, 0.25) is 0 Å². The summed E-state index contributed by atoms with van der Waals surface area (Å²) in [5.41, 5.74) is 0. The maximum Gasteiger partial charge on any atom is 0.575 e. The second-order valence-electron chi connectivity index (χ2n) is 1.84. The van der Waals surface area contributed by atoms with Crippen molar-refractivity contribution in [2.24, 2.45) is 0 Å². The first-order chi connectivity index (χ1) is 5.87. The molecule has 0 fully saturated rings. The molecule has 0 spiro atoms. The Hall–Kier alpha value is -0.750. The van der Waals surface area contributed by atoms with Crippen molar-refractivity contribution in [2.75, 3.05) is 0 Å². The fourth-order valence-corrected chi connectivity index (χ4v) is 0.927. The third-order valence-corrected chi connectivity index (χ3v) is 1.24. The van der Waals surface area contributed by atoms with Crippen LogP contribution in [0.1, 0.15) is 0 Å². The Kier molecular flexibility index (Phi) is 2.82. The summed E-state index contributed by atoms with van der Waals surface area (Å²) in [4.78, 5) is 6.29. The lowest BCUT2D eigenvalue weighted by Gasteiger charge is -2.06. The van der Waals surface area contributed by atoms with Gasteiger partial charge in [0.25, 0.3) is 0 Å². The van der Waals surface area contributed by atoms with Gasteiger partial charge in [-0.2, -0.15) is 9.97 Å². The molecule has 0 unspecified atom stereocenters. The molecule has 1 aromatic rings. The van der Waals surface area contributed by atoms with E-state index in [0.29, 0.717) is 0 Å². The van der Waals surface area contributed by atoms with E-state index in [2.05, 4.69) is 14.7 Å². The summed E-state index contributed by atoms with van der Waals surface area (Å²) in [5.74, 6) is 0. The average Bonchev–Trinajstić information content (AvgIpc) is 1.78. The second-order valence-corrected chi connectivity index (χ2v) is 2.62. The molecule has 13 heavy (non-hydrogen) atoms.